The summed E-state index contributed by atoms with van der Waals surface area (Å²) in [7, 11) is 0. The third-order valence-corrected chi connectivity index (χ3v) is 4.52. The Hall–Kier alpha value is -4.07. The Kier molecular flexibility index (Phi) is 9.22. The summed E-state index contributed by atoms with van der Waals surface area (Å²) in [5, 5.41) is 11.0. The normalized spacial score (nSPS) is 23.4. The molecule has 1 heterocycles. The Morgan fingerprint density at radius 2 is 1.51 bits per heavy atom. The Morgan fingerprint density at radius 3 is 2.03 bits per heavy atom. The summed E-state index contributed by atoms with van der Waals surface area (Å²) in [6.45, 7) is 3.83. The highest BCUT2D eigenvalue weighted by molar-refractivity contribution is 5.80. The first-order chi connectivity index (χ1) is 16.4. The Morgan fingerprint density at radius 1 is 0.943 bits per heavy atom. The fourth-order valence-corrected chi connectivity index (χ4v) is 3.26. The largest absolute Gasteiger partial charge is 0.463 e. The highest BCUT2D eigenvalue weighted by Crippen LogP contribution is 2.32. The molecule has 190 valence electrons. The van der Waals surface area contributed by atoms with E-state index >= 15 is 0 Å². The highest BCUT2D eigenvalue weighted by Gasteiger charge is 2.53. The minimum atomic E-state index is -1.59. The minimum Gasteiger partial charge on any atom is -0.463 e. The van der Waals surface area contributed by atoms with Crippen LogP contribution in [0.4, 0.5) is 5.69 Å². The lowest BCUT2D eigenvalue weighted by molar-refractivity contribution is -0.384. The van der Waals surface area contributed by atoms with Crippen molar-refractivity contribution in [2.75, 3.05) is 6.61 Å². The van der Waals surface area contributed by atoms with Gasteiger partial charge in [0.05, 0.1) is 10.5 Å². The SMILES string of the molecule is CC(=O)OCC1O[C@@H](Oc2ccc([N+](=O)[O-])cc2C=O)[C@@H](OC(C)=O)C(OC(C)=O)[C@H]1OC(C)=O. The summed E-state index contributed by atoms with van der Waals surface area (Å²) in [6, 6.07) is 3.14. The molecular formula is C21H23NO13. The molecule has 1 fully saturated rings. The van der Waals surface area contributed by atoms with Gasteiger partial charge in [-0.15, -0.1) is 0 Å². The van der Waals surface area contributed by atoms with Crippen molar-refractivity contribution in [1.82, 2.24) is 0 Å². The molecule has 0 spiro atoms. The molecule has 0 radical (unpaired) electrons. The third kappa shape index (κ3) is 7.46. The summed E-state index contributed by atoms with van der Waals surface area (Å²) < 4.78 is 32.2. The van der Waals surface area contributed by atoms with Crippen LogP contribution in [-0.4, -0.2) is 72.4 Å². The molecule has 0 aliphatic carbocycles. The van der Waals surface area contributed by atoms with Gasteiger partial charge in [0.25, 0.3) is 5.69 Å². The number of nitro benzene ring substituents is 1. The molecule has 0 aromatic heterocycles. The van der Waals surface area contributed by atoms with Gasteiger partial charge in [-0.25, -0.2) is 0 Å². The van der Waals surface area contributed by atoms with Crippen LogP contribution in [0.2, 0.25) is 0 Å². The van der Waals surface area contributed by atoms with Crippen molar-refractivity contribution in [2.24, 2.45) is 0 Å². The molecule has 14 nitrogen and oxygen atoms in total. The van der Waals surface area contributed by atoms with Gasteiger partial charge in [-0.2, -0.15) is 0 Å². The number of ether oxygens (including phenoxy) is 6. The zero-order valence-electron chi connectivity index (χ0n) is 19.2. The molecule has 14 heteroatoms. The third-order valence-electron chi connectivity index (χ3n) is 4.52. The van der Waals surface area contributed by atoms with Crippen LogP contribution in [0, 0.1) is 10.1 Å². The van der Waals surface area contributed by atoms with Crippen molar-refractivity contribution < 1.29 is 57.3 Å². The fraction of sp³-hybridized carbons (Fsp3) is 0.476. The molecule has 35 heavy (non-hydrogen) atoms. The number of nitro groups is 1. The van der Waals surface area contributed by atoms with Gasteiger partial charge in [0, 0.05) is 39.8 Å². The van der Waals surface area contributed by atoms with Crippen LogP contribution in [0.3, 0.4) is 0 Å². The number of benzene rings is 1. The van der Waals surface area contributed by atoms with Gasteiger partial charge in [0.15, 0.2) is 18.5 Å². The zero-order chi connectivity index (χ0) is 26.3. The molecule has 1 saturated heterocycles. The quantitative estimate of drug-likeness (QED) is 0.154. The van der Waals surface area contributed by atoms with Crippen LogP contribution in [0.1, 0.15) is 38.1 Å². The molecule has 2 rings (SSSR count). The standard InChI is InChI=1S/C21H23NO13/c1-10(24)30-9-17-18(31-11(2)25)19(32-12(3)26)20(33-13(4)27)21(35-17)34-16-6-5-15(22(28)29)7-14(16)8-23/h5-8,17-21H,9H2,1-4H3/t17?,18-,19?,20-,21+/m0/s1. The van der Waals surface area contributed by atoms with Crippen LogP contribution in [-0.2, 0) is 42.9 Å². The van der Waals surface area contributed by atoms with Crippen LogP contribution in [0.15, 0.2) is 18.2 Å². The minimum absolute atomic E-state index is 0.188. The van der Waals surface area contributed by atoms with E-state index < -0.39 is 66.1 Å². The first-order valence-corrected chi connectivity index (χ1v) is 10.1. The Labute approximate surface area is 198 Å². The van der Waals surface area contributed by atoms with Crippen molar-refractivity contribution in [1.29, 1.82) is 0 Å². The average molecular weight is 497 g/mol. The first kappa shape index (κ1) is 27.2. The molecule has 0 bridgehead atoms. The lowest BCUT2D eigenvalue weighted by Gasteiger charge is -2.44. The molecular weight excluding hydrogens is 474 g/mol. The van der Waals surface area contributed by atoms with Crippen LogP contribution in [0.25, 0.3) is 0 Å². The molecule has 0 amide bonds. The molecule has 1 aromatic rings. The number of aldehydes is 1. The summed E-state index contributed by atoms with van der Waals surface area (Å²) in [5.74, 6) is -3.36. The van der Waals surface area contributed by atoms with Crippen molar-refractivity contribution in [3.8, 4) is 5.75 Å². The predicted octanol–water partition coefficient (Wildman–Crippen LogP) is 0.869. The molecule has 1 aromatic carbocycles. The molecule has 1 aliphatic heterocycles. The molecule has 2 unspecified atom stereocenters. The smallest absolute Gasteiger partial charge is 0.303 e. The van der Waals surface area contributed by atoms with Crippen LogP contribution >= 0.6 is 0 Å². The van der Waals surface area contributed by atoms with Crippen molar-refractivity contribution in [3.63, 3.8) is 0 Å². The lowest BCUT2D eigenvalue weighted by atomic mass is 9.98. The predicted molar refractivity (Wildman–Crippen MR) is 111 cm³/mol. The van der Waals surface area contributed by atoms with Gasteiger partial charge in [-0.1, -0.05) is 0 Å². The summed E-state index contributed by atoms with van der Waals surface area (Å²) in [6.07, 6.45) is -6.94. The number of rotatable bonds is 9. The maximum absolute atomic E-state index is 11.8. The van der Waals surface area contributed by atoms with E-state index in [9.17, 15) is 34.1 Å². The van der Waals surface area contributed by atoms with E-state index in [1.165, 1.54) is 0 Å². The van der Waals surface area contributed by atoms with Crippen molar-refractivity contribution >= 4 is 35.9 Å². The first-order valence-electron chi connectivity index (χ1n) is 10.1. The summed E-state index contributed by atoms with van der Waals surface area (Å²) in [5.41, 5.74) is -0.618. The van der Waals surface area contributed by atoms with E-state index in [4.69, 9.17) is 28.4 Å². The average Bonchev–Trinajstić information content (AvgIpc) is 2.75. The maximum Gasteiger partial charge on any atom is 0.303 e. The zero-order valence-corrected chi connectivity index (χ0v) is 19.2. The second-order valence-corrected chi connectivity index (χ2v) is 7.28. The van der Waals surface area contributed by atoms with Crippen molar-refractivity contribution in [3.05, 3.63) is 33.9 Å². The fourth-order valence-electron chi connectivity index (χ4n) is 3.26. The maximum atomic E-state index is 11.8. The Balaban J connectivity index is 2.53. The van der Waals surface area contributed by atoms with Gasteiger partial charge in [-0.05, 0) is 6.07 Å². The van der Waals surface area contributed by atoms with E-state index in [1.807, 2.05) is 0 Å². The summed E-state index contributed by atoms with van der Waals surface area (Å²) in [4.78, 5) is 68.6. The topological polar surface area (TPSA) is 184 Å². The number of hydrogen-bond acceptors (Lipinski definition) is 13. The number of nitrogens with zero attached hydrogens (tertiary/aromatic N) is 1. The summed E-state index contributed by atoms with van der Waals surface area (Å²) >= 11 is 0. The van der Waals surface area contributed by atoms with Gasteiger partial charge in [0.2, 0.25) is 12.4 Å². The second-order valence-electron chi connectivity index (χ2n) is 7.28. The highest BCUT2D eigenvalue weighted by atomic mass is 16.7. The van der Waals surface area contributed by atoms with E-state index in [0.717, 1.165) is 45.9 Å². The van der Waals surface area contributed by atoms with Crippen LogP contribution < -0.4 is 4.74 Å². The molecule has 5 atom stereocenters. The van der Waals surface area contributed by atoms with Gasteiger partial charge < -0.3 is 28.4 Å². The molecule has 0 saturated carbocycles. The molecule has 0 N–H and O–H groups in total. The van der Waals surface area contributed by atoms with Crippen LogP contribution in [0.5, 0.6) is 5.75 Å². The molecule has 1 aliphatic rings. The number of hydrogen-bond donors (Lipinski definition) is 0. The number of carbonyl (C=O) groups is 5. The number of non-ortho nitro benzene ring substituents is 1. The van der Waals surface area contributed by atoms with Gasteiger partial charge in [0.1, 0.15) is 18.5 Å². The van der Waals surface area contributed by atoms with E-state index in [2.05, 4.69) is 0 Å². The van der Waals surface area contributed by atoms with E-state index in [0.29, 0.717) is 6.29 Å². The monoisotopic (exact) mass is 497 g/mol. The lowest BCUT2D eigenvalue weighted by Crippen LogP contribution is -2.63. The van der Waals surface area contributed by atoms with Crippen molar-refractivity contribution in [2.45, 2.75) is 58.4 Å². The Bertz CT molecular complexity index is 1010. The van der Waals surface area contributed by atoms with Gasteiger partial charge >= 0.3 is 23.9 Å². The van der Waals surface area contributed by atoms with Gasteiger partial charge in [-0.3, -0.25) is 34.1 Å². The number of carbonyl (C=O) groups excluding carboxylic acids is 5. The second kappa shape index (κ2) is 11.9. The number of esters is 4. The van der Waals surface area contributed by atoms with E-state index in [1.54, 1.807) is 0 Å². The van der Waals surface area contributed by atoms with E-state index in [-0.39, 0.29) is 17.0 Å².